The van der Waals surface area contributed by atoms with Crippen molar-refractivity contribution >= 4 is 5.82 Å². The first-order valence-corrected chi connectivity index (χ1v) is 4.77. The van der Waals surface area contributed by atoms with Crippen molar-refractivity contribution in [2.24, 2.45) is 0 Å². The first-order chi connectivity index (χ1) is 7.19. The minimum absolute atomic E-state index is 0.104. The first kappa shape index (κ1) is 11.7. The molecule has 0 bridgehead atoms. The summed E-state index contributed by atoms with van der Waals surface area (Å²) < 4.78 is 1.50. The Morgan fingerprint density at radius 3 is 3.00 bits per heavy atom. The summed E-state index contributed by atoms with van der Waals surface area (Å²) in [5.41, 5.74) is -0.231. The van der Waals surface area contributed by atoms with Crippen LogP contribution in [0.3, 0.4) is 0 Å². The van der Waals surface area contributed by atoms with Crippen molar-refractivity contribution in [3.63, 3.8) is 0 Å². The lowest BCUT2D eigenvalue weighted by molar-refractivity contribution is 0.105. The molecule has 1 aromatic rings. The molecule has 6 nitrogen and oxygen atoms in total. The number of aliphatic hydroxyl groups excluding tert-OH is 2. The Kier molecular flexibility index (Phi) is 4.26. The molecular weight excluding hydrogens is 198 g/mol. The number of nitrogens with one attached hydrogen (secondary N) is 1. The third-order valence-corrected chi connectivity index (χ3v) is 1.97. The van der Waals surface area contributed by atoms with E-state index in [4.69, 9.17) is 10.2 Å². The van der Waals surface area contributed by atoms with Crippen LogP contribution in [0.15, 0.2) is 17.2 Å². The van der Waals surface area contributed by atoms with Crippen molar-refractivity contribution in [3.8, 4) is 0 Å². The normalized spacial score (nSPS) is 12.5. The third kappa shape index (κ3) is 3.03. The summed E-state index contributed by atoms with van der Waals surface area (Å²) in [7, 11) is 0. The van der Waals surface area contributed by atoms with Crippen molar-refractivity contribution < 1.29 is 10.2 Å². The summed E-state index contributed by atoms with van der Waals surface area (Å²) in [6.45, 7) is 2.18. The highest BCUT2D eigenvalue weighted by Gasteiger charge is 2.06. The molecule has 1 aromatic heterocycles. The van der Waals surface area contributed by atoms with Gasteiger partial charge in [-0.15, -0.1) is 0 Å². The zero-order chi connectivity index (χ0) is 11.3. The summed E-state index contributed by atoms with van der Waals surface area (Å²) in [5, 5.41) is 20.4. The molecule has 1 atom stereocenters. The standard InChI is InChI=1S/C9H15N3O3/c1-2-12-4-3-10-8(9(12)15)11-5-7(14)6-13/h3-4,7,13-14H,2,5-6H2,1H3,(H,10,11). The van der Waals surface area contributed by atoms with Gasteiger partial charge in [0.05, 0.1) is 12.7 Å². The van der Waals surface area contributed by atoms with Crippen LogP contribution in [0.4, 0.5) is 5.82 Å². The van der Waals surface area contributed by atoms with Crippen LogP contribution in [0.25, 0.3) is 0 Å². The average molecular weight is 213 g/mol. The van der Waals surface area contributed by atoms with Crippen LogP contribution in [0.2, 0.25) is 0 Å². The van der Waals surface area contributed by atoms with Crippen LogP contribution in [0.1, 0.15) is 6.92 Å². The number of nitrogens with zero attached hydrogens (tertiary/aromatic N) is 2. The molecule has 1 unspecified atom stereocenters. The van der Waals surface area contributed by atoms with Gasteiger partial charge in [-0.25, -0.2) is 4.98 Å². The van der Waals surface area contributed by atoms with E-state index in [2.05, 4.69) is 10.3 Å². The average Bonchev–Trinajstić information content (AvgIpc) is 2.27. The fourth-order valence-electron chi connectivity index (χ4n) is 1.10. The molecule has 0 radical (unpaired) electrons. The van der Waals surface area contributed by atoms with E-state index in [1.165, 1.54) is 10.8 Å². The maximum absolute atomic E-state index is 11.6. The van der Waals surface area contributed by atoms with Crippen molar-refractivity contribution in [1.29, 1.82) is 0 Å². The van der Waals surface area contributed by atoms with E-state index in [1.807, 2.05) is 6.92 Å². The Balaban J connectivity index is 2.73. The quantitative estimate of drug-likeness (QED) is 0.585. The Hall–Kier alpha value is -1.40. The molecule has 1 rings (SSSR count). The van der Waals surface area contributed by atoms with Gasteiger partial charge < -0.3 is 20.1 Å². The van der Waals surface area contributed by atoms with Gasteiger partial charge in [0, 0.05) is 25.5 Å². The van der Waals surface area contributed by atoms with Crippen molar-refractivity contribution in [2.75, 3.05) is 18.5 Å². The Morgan fingerprint density at radius 2 is 2.40 bits per heavy atom. The minimum Gasteiger partial charge on any atom is -0.394 e. The largest absolute Gasteiger partial charge is 0.394 e. The van der Waals surface area contributed by atoms with Crippen LogP contribution in [0, 0.1) is 0 Å². The van der Waals surface area contributed by atoms with E-state index in [9.17, 15) is 4.79 Å². The Labute approximate surface area is 87.2 Å². The van der Waals surface area contributed by atoms with Crippen LogP contribution in [-0.2, 0) is 6.54 Å². The molecule has 1 heterocycles. The maximum atomic E-state index is 11.6. The van der Waals surface area contributed by atoms with Crippen molar-refractivity contribution in [1.82, 2.24) is 9.55 Å². The highest BCUT2D eigenvalue weighted by atomic mass is 16.3. The second-order valence-corrected chi connectivity index (χ2v) is 3.08. The van der Waals surface area contributed by atoms with Gasteiger partial charge in [0.2, 0.25) is 0 Å². The van der Waals surface area contributed by atoms with Crippen LogP contribution >= 0.6 is 0 Å². The minimum atomic E-state index is -0.888. The monoisotopic (exact) mass is 213 g/mol. The second-order valence-electron chi connectivity index (χ2n) is 3.08. The SMILES string of the molecule is CCn1ccnc(NCC(O)CO)c1=O. The summed E-state index contributed by atoms with van der Waals surface area (Å²) in [6, 6.07) is 0. The first-order valence-electron chi connectivity index (χ1n) is 4.77. The van der Waals surface area contributed by atoms with Gasteiger partial charge >= 0.3 is 0 Å². The van der Waals surface area contributed by atoms with Gasteiger partial charge in [0.15, 0.2) is 5.82 Å². The number of hydrogen-bond donors (Lipinski definition) is 3. The zero-order valence-electron chi connectivity index (χ0n) is 8.55. The molecule has 0 aliphatic rings. The number of aryl methyl sites for hydroxylation is 1. The van der Waals surface area contributed by atoms with Crippen LogP contribution in [0.5, 0.6) is 0 Å². The molecule has 0 saturated heterocycles. The molecule has 6 heteroatoms. The fraction of sp³-hybridized carbons (Fsp3) is 0.556. The van der Waals surface area contributed by atoms with E-state index in [0.29, 0.717) is 6.54 Å². The lowest BCUT2D eigenvalue weighted by Crippen LogP contribution is -2.29. The molecular formula is C9H15N3O3. The van der Waals surface area contributed by atoms with E-state index >= 15 is 0 Å². The van der Waals surface area contributed by atoms with E-state index in [-0.39, 0.29) is 24.5 Å². The van der Waals surface area contributed by atoms with Crippen LogP contribution in [-0.4, -0.2) is 39.0 Å². The molecule has 0 fully saturated rings. The van der Waals surface area contributed by atoms with Crippen LogP contribution < -0.4 is 10.9 Å². The molecule has 0 amide bonds. The fourth-order valence-corrected chi connectivity index (χ4v) is 1.10. The maximum Gasteiger partial charge on any atom is 0.293 e. The lowest BCUT2D eigenvalue weighted by Gasteiger charge is -2.09. The third-order valence-electron chi connectivity index (χ3n) is 1.97. The number of anilines is 1. The molecule has 0 aromatic carbocycles. The zero-order valence-corrected chi connectivity index (χ0v) is 8.55. The summed E-state index contributed by atoms with van der Waals surface area (Å²) in [5.74, 6) is 0.187. The molecule has 0 aliphatic heterocycles. The Morgan fingerprint density at radius 1 is 1.67 bits per heavy atom. The number of hydrogen-bond acceptors (Lipinski definition) is 5. The van der Waals surface area contributed by atoms with Gasteiger partial charge in [-0.3, -0.25) is 4.79 Å². The predicted octanol–water partition coefficient (Wildman–Crippen LogP) is -0.972. The highest BCUT2D eigenvalue weighted by molar-refractivity contribution is 5.30. The number of aliphatic hydroxyl groups is 2. The molecule has 0 saturated carbocycles. The highest BCUT2D eigenvalue weighted by Crippen LogP contribution is 1.93. The predicted molar refractivity (Wildman–Crippen MR) is 55.8 cm³/mol. The molecule has 84 valence electrons. The smallest absolute Gasteiger partial charge is 0.293 e. The molecule has 0 aliphatic carbocycles. The van der Waals surface area contributed by atoms with E-state index in [1.54, 1.807) is 6.20 Å². The van der Waals surface area contributed by atoms with E-state index < -0.39 is 6.10 Å². The molecule has 0 spiro atoms. The van der Waals surface area contributed by atoms with Gasteiger partial charge in [-0.1, -0.05) is 0 Å². The summed E-state index contributed by atoms with van der Waals surface area (Å²) in [4.78, 5) is 15.5. The van der Waals surface area contributed by atoms with Crippen molar-refractivity contribution in [2.45, 2.75) is 19.6 Å². The number of rotatable bonds is 5. The van der Waals surface area contributed by atoms with Gasteiger partial charge in [-0.05, 0) is 6.92 Å². The Bertz CT molecular complexity index is 364. The van der Waals surface area contributed by atoms with Gasteiger partial charge in [0.1, 0.15) is 0 Å². The summed E-state index contributed by atoms with van der Waals surface area (Å²) >= 11 is 0. The van der Waals surface area contributed by atoms with Crippen molar-refractivity contribution in [3.05, 3.63) is 22.7 Å². The lowest BCUT2D eigenvalue weighted by atomic mass is 10.4. The molecule has 15 heavy (non-hydrogen) atoms. The summed E-state index contributed by atoms with van der Waals surface area (Å²) in [6.07, 6.45) is 2.22. The van der Waals surface area contributed by atoms with Gasteiger partial charge in [0.25, 0.3) is 5.56 Å². The second kappa shape index (κ2) is 5.47. The topological polar surface area (TPSA) is 87.4 Å². The van der Waals surface area contributed by atoms with Gasteiger partial charge in [-0.2, -0.15) is 0 Å². The van der Waals surface area contributed by atoms with E-state index in [0.717, 1.165) is 0 Å². The number of aromatic nitrogens is 2. The molecule has 3 N–H and O–H groups in total.